The minimum absolute atomic E-state index is 0.0525. The van der Waals surface area contributed by atoms with Crippen LogP contribution < -0.4 is 0 Å². The lowest BCUT2D eigenvalue weighted by atomic mass is 9.73. The minimum atomic E-state index is -0.0525. The number of amides is 1. The zero-order valence-electron chi connectivity index (χ0n) is 15.6. The topological polar surface area (TPSA) is 77.7 Å². The Kier molecular flexibility index (Phi) is 5.27. The molecule has 0 aromatic carbocycles. The first kappa shape index (κ1) is 17.9. The molecule has 0 spiro atoms. The Morgan fingerprint density at radius 2 is 1.96 bits per heavy atom. The average molecular weight is 363 g/mol. The molecule has 3 heterocycles. The highest BCUT2D eigenvalue weighted by Crippen LogP contribution is 2.46. The molecule has 0 radical (unpaired) electrons. The first-order valence-corrected chi connectivity index (χ1v) is 9.89. The van der Waals surface area contributed by atoms with Gasteiger partial charge in [0.2, 0.25) is 5.91 Å². The zero-order valence-corrected chi connectivity index (χ0v) is 15.6. The van der Waals surface area contributed by atoms with Crippen molar-refractivity contribution in [3.05, 3.63) is 11.7 Å². The minimum Gasteiger partial charge on any atom is -0.381 e. The standard InChI is InChI=1S/C19H29N3O4/c1-24-13-16-20-18(21-26-16)19(12-14-2-3-14)6-8-22(9-7-19)17(23)15-4-10-25-11-5-15/h14-15H,2-13H2,1H3. The van der Waals surface area contributed by atoms with E-state index in [1.54, 1.807) is 7.11 Å². The highest BCUT2D eigenvalue weighted by molar-refractivity contribution is 5.79. The largest absolute Gasteiger partial charge is 0.381 e. The Balaban J connectivity index is 1.44. The van der Waals surface area contributed by atoms with E-state index in [0.717, 1.165) is 56.9 Å². The van der Waals surface area contributed by atoms with Gasteiger partial charge in [-0.1, -0.05) is 18.0 Å². The van der Waals surface area contributed by atoms with Gasteiger partial charge in [-0.05, 0) is 38.0 Å². The van der Waals surface area contributed by atoms with Gasteiger partial charge in [-0.25, -0.2) is 0 Å². The first-order chi connectivity index (χ1) is 12.7. The van der Waals surface area contributed by atoms with Crippen molar-refractivity contribution in [2.24, 2.45) is 11.8 Å². The van der Waals surface area contributed by atoms with Crippen molar-refractivity contribution in [2.45, 2.75) is 57.0 Å². The third-order valence-electron chi connectivity index (χ3n) is 6.19. The van der Waals surface area contributed by atoms with Crippen LogP contribution in [0, 0.1) is 11.8 Å². The first-order valence-electron chi connectivity index (χ1n) is 9.89. The predicted molar refractivity (Wildman–Crippen MR) is 93.4 cm³/mol. The molecular formula is C19H29N3O4. The van der Waals surface area contributed by atoms with E-state index >= 15 is 0 Å². The second-order valence-corrected chi connectivity index (χ2v) is 8.08. The summed E-state index contributed by atoms with van der Waals surface area (Å²) in [6.45, 7) is 3.34. The molecule has 2 aliphatic heterocycles. The van der Waals surface area contributed by atoms with E-state index in [0.29, 0.717) is 31.6 Å². The van der Waals surface area contributed by atoms with Gasteiger partial charge in [-0.15, -0.1) is 0 Å². The maximum absolute atomic E-state index is 12.8. The van der Waals surface area contributed by atoms with Crippen molar-refractivity contribution in [1.82, 2.24) is 15.0 Å². The number of nitrogens with zero attached hydrogens (tertiary/aromatic N) is 3. The number of methoxy groups -OCH3 is 1. The van der Waals surface area contributed by atoms with Crippen LogP contribution in [0.5, 0.6) is 0 Å². The van der Waals surface area contributed by atoms with E-state index < -0.39 is 0 Å². The maximum atomic E-state index is 12.8. The maximum Gasteiger partial charge on any atom is 0.252 e. The van der Waals surface area contributed by atoms with Gasteiger partial charge in [0.15, 0.2) is 5.82 Å². The molecule has 0 unspecified atom stereocenters. The SMILES string of the molecule is COCc1nc(C2(CC3CC3)CCN(C(=O)C3CCOCC3)CC2)no1. The van der Waals surface area contributed by atoms with Gasteiger partial charge in [-0.3, -0.25) is 4.79 Å². The normalized spacial score (nSPS) is 24.0. The molecule has 3 fully saturated rings. The fourth-order valence-corrected chi connectivity index (χ4v) is 4.40. The van der Waals surface area contributed by atoms with Crippen LogP contribution >= 0.6 is 0 Å². The number of likely N-dealkylation sites (tertiary alicyclic amines) is 1. The monoisotopic (exact) mass is 363 g/mol. The fraction of sp³-hybridized carbons (Fsp3) is 0.842. The molecule has 1 saturated carbocycles. The summed E-state index contributed by atoms with van der Waals surface area (Å²) < 4.78 is 15.9. The van der Waals surface area contributed by atoms with Crippen LogP contribution in [-0.4, -0.2) is 54.4 Å². The lowest BCUT2D eigenvalue weighted by Crippen LogP contribution is -2.48. The number of rotatable bonds is 6. The van der Waals surface area contributed by atoms with Gasteiger partial charge in [0.25, 0.3) is 5.89 Å². The molecule has 7 nitrogen and oxygen atoms in total. The van der Waals surface area contributed by atoms with Gasteiger partial charge in [0, 0.05) is 44.7 Å². The van der Waals surface area contributed by atoms with Crippen LogP contribution in [0.1, 0.15) is 56.7 Å². The van der Waals surface area contributed by atoms with Crippen molar-refractivity contribution >= 4 is 5.91 Å². The molecule has 1 amide bonds. The summed E-state index contributed by atoms with van der Waals surface area (Å²) in [5.41, 5.74) is -0.0525. The van der Waals surface area contributed by atoms with Crippen molar-refractivity contribution in [1.29, 1.82) is 0 Å². The Morgan fingerprint density at radius 1 is 1.23 bits per heavy atom. The summed E-state index contributed by atoms with van der Waals surface area (Å²) in [4.78, 5) is 19.5. The van der Waals surface area contributed by atoms with Gasteiger partial charge in [0.1, 0.15) is 6.61 Å². The quantitative estimate of drug-likeness (QED) is 0.772. The molecule has 1 aliphatic carbocycles. The van der Waals surface area contributed by atoms with E-state index in [1.165, 1.54) is 12.8 Å². The average Bonchev–Trinajstić information content (AvgIpc) is 3.36. The Hall–Kier alpha value is -1.47. The number of carbonyl (C=O) groups excluding carboxylic acids is 1. The predicted octanol–water partition coefficient (Wildman–Crippen LogP) is 2.30. The summed E-state index contributed by atoms with van der Waals surface area (Å²) in [5, 5.41) is 4.29. The lowest BCUT2D eigenvalue weighted by molar-refractivity contribution is -0.140. The summed E-state index contributed by atoms with van der Waals surface area (Å²) in [6.07, 6.45) is 7.26. The zero-order chi connectivity index (χ0) is 18.0. The summed E-state index contributed by atoms with van der Waals surface area (Å²) in [5.74, 6) is 2.57. The van der Waals surface area contributed by atoms with E-state index in [-0.39, 0.29) is 11.3 Å². The summed E-state index contributed by atoms with van der Waals surface area (Å²) >= 11 is 0. The lowest BCUT2D eigenvalue weighted by Gasteiger charge is -2.41. The summed E-state index contributed by atoms with van der Waals surface area (Å²) in [6, 6.07) is 0. The molecule has 144 valence electrons. The van der Waals surface area contributed by atoms with Gasteiger partial charge >= 0.3 is 0 Å². The van der Waals surface area contributed by atoms with Crippen molar-refractivity contribution in [3.8, 4) is 0 Å². The number of hydrogen-bond donors (Lipinski definition) is 0. The van der Waals surface area contributed by atoms with Crippen LogP contribution in [0.25, 0.3) is 0 Å². The molecule has 0 bridgehead atoms. The highest BCUT2D eigenvalue weighted by atomic mass is 16.5. The third kappa shape index (κ3) is 3.78. The fourth-order valence-electron chi connectivity index (χ4n) is 4.40. The van der Waals surface area contributed by atoms with E-state index in [9.17, 15) is 4.79 Å². The molecule has 26 heavy (non-hydrogen) atoms. The van der Waals surface area contributed by atoms with E-state index in [4.69, 9.17) is 14.0 Å². The van der Waals surface area contributed by atoms with Gasteiger partial charge in [-0.2, -0.15) is 4.98 Å². The van der Waals surface area contributed by atoms with Crippen LogP contribution in [0.3, 0.4) is 0 Å². The smallest absolute Gasteiger partial charge is 0.252 e. The number of piperidine rings is 1. The molecule has 1 aromatic heterocycles. The Labute approximate surface area is 154 Å². The third-order valence-corrected chi connectivity index (χ3v) is 6.19. The van der Waals surface area contributed by atoms with Crippen molar-refractivity contribution < 1.29 is 18.8 Å². The molecule has 7 heteroatoms. The molecule has 3 aliphatic rings. The summed E-state index contributed by atoms with van der Waals surface area (Å²) in [7, 11) is 1.63. The molecule has 0 atom stereocenters. The molecular weight excluding hydrogens is 334 g/mol. The van der Waals surface area contributed by atoms with Crippen LogP contribution in [0.2, 0.25) is 0 Å². The molecule has 4 rings (SSSR count). The van der Waals surface area contributed by atoms with Gasteiger partial charge in [0.05, 0.1) is 0 Å². The number of aromatic nitrogens is 2. The second-order valence-electron chi connectivity index (χ2n) is 8.08. The Bertz CT molecular complexity index is 614. The van der Waals surface area contributed by atoms with Crippen LogP contribution in [-0.2, 0) is 26.3 Å². The van der Waals surface area contributed by atoms with Crippen molar-refractivity contribution in [2.75, 3.05) is 33.4 Å². The molecule has 1 aromatic rings. The Morgan fingerprint density at radius 3 is 2.62 bits per heavy atom. The van der Waals surface area contributed by atoms with Crippen molar-refractivity contribution in [3.63, 3.8) is 0 Å². The van der Waals surface area contributed by atoms with Crippen LogP contribution in [0.4, 0.5) is 0 Å². The number of ether oxygens (including phenoxy) is 2. The van der Waals surface area contributed by atoms with E-state index in [2.05, 4.69) is 15.0 Å². The van der Waals surface area contributed by atoms with Gasteiger partial charge < -0.3 is 18.9 Å². The molecule has 0 N–H and O–H groups in total. The second kappa shape index (κ2) is 7.64. The molecule has 2 saturated heterocycles. The highest BCUT2D eigenvalue weighted by Gasteiger charge is 2.45. The van der Waals surface area contributed by atoms with Crippen LogP contribution in [0.15, 0.2) is 4.52 Å². The number of carbonyl (C=O) groups is 1. The van der Waals surface area contributed by atoms with E-state index in [1.807, 2.05) is 0 Å². The number of hydrogen-bond acceptors (Lipinski definition) is 6.